The van der Waals surface area contributed by atoms with Crippen molar-refractivity contribution < 1.29 is 9.59 Å². The van der Waals surface area contributed by atoms with Crippen LogP contribution in [0, 0.1) is 5.92 Å². The molecule has 1 aliphatic carbocycles. The van der Waals surface area contributed by atoms with E-state index in [0.717, 1.165) is 12.8 Å². The third kappa shape index (κ3) is 2.52. The highest BCUT2D eigenvalue weighted by atomic mass is 16.2. The van der Waals surface area contributed by atoms with Crippen LogP contribution in [0.15, 0.2) is 0 Å². The molecule has 1 aliphatic heterocycles. The molecule has 18 heavy (non-hydrogen) atoms. The van der Waals surface area contributed by atoms with Crippen LogP contribution in [0.3, 0.4) is 0 Å². The number of amides is 2. The minimum absolute atomic E-state index is 0.00174. The molecule has 2 rings (SSSR count). The molecule has 4 nitrogen and oxygen atoms in total. The van der Waals surface area contributed by atoms with Gasteiger partial charge in [-0.05, 0) is 25.2 Å². The predicted octanol–water partition coefficient (Wildman–Crippen LogP) is 1.69. The Hall–Kier alpha value is -1.06. The number of hydrogen-bond donors (Lipinski definition) is 1. The summed E-state index contributed by atoms with van der Waals surface area (Å²) in [7, 11) is 0. The second kappa shape index (κ2) is 5.72. The van der Waals surface area contributed by atoms with Gasteiger partial charge in [0.2, 0.25) is 11.8 Å². The quantitative estimate of drug-likeness (QED) is 0.831. The number of rotatable bonds is 3. The molecule has 0 aromatic carbocycles. The molecule has 3 unspecified atom stereocenters. The van der Waals surface area contributed by atoms with Crippen molar-refractivity contribution in [3.05, 3.63) is 0 Å². The summed E-state index contributed by atoms with van der Waals surface area (Å²) in [5.41, 5.74) is 0. The zero-order valence-electron chi connectivity index (χ0n) is 11.4. The lowest BCUT2D eigenvalue weighted by Gasteiger charge is -2.43. The smallest absolute Gasteiger partial charge is 0.245 e. The van der Waals surface area contributed by atoms with Gasteiger partial charge in [0.25, 0.3) is 0 Å². The average Bonchev–Trinajstić information content (AvgIpc) is 2.41. The van der Waals surface area contributed by atoms with Gasteiger partial charge in [0.15, 0.2) is 0 Å². The summed E-state index contributed by atoms with van der Waals surface area (Å²) in [5.74, 6) is 0.704. The first-order valence-corrected chi connectivity index (χ1v) is 7.27. The third-order valence-corrected chi connectivity index (χ3v) is 4.43. The molecule has 2 fully saturated rings. The van der Waals surface area contributed by atoms with E-state index in [1.807, 2.05) is 11.8 Å². The van der Waals surface area contributed by atoms with E-state index in [2.05, 4.69) is 12.2 Å². The maximum atomic E-state index is 12.4. The Bertz CT molecular complexity index is 330. The fraction of sp³-hybridized carbons (Fsp3) is 0.857. The average molecular weight is 252 g/mol. The van der Waals surface area contributed by atoms with E-state index in [0.29, 0.717) is 12.3 Å². The Balaban J connectivity index is 2.13. The molecule has 102 valence electrons. The lowest BCUT2D eigenvalue weighted by Crippen LogP contribution is -2.61. The maximum absolute atomic E-state index is 12.4. The van der Waals surface area contributed by atoms with Crippen LogP contribution in [0.4, 0.5) is 0 Å². The highest BCUT2D eigenvalue weighted by Crippen LogP contribution is 2.31. The molecular formula is C14H24N2O2. The van der Waals surface area contributed by atoms with Crippen molar-refractivity contribution in [3.63, 3.8) is 0 Å². The van der Waals surface area contributed by atoms with E-state index in [4.69, 9.17) is 0 Å². The van der Waals surface area contributed by atoms with E-state index in [1.165, 1.54) is 19.3 Å². The Morgan fingerprint density at radius 3 is 2.56 bits per heavy atom. The number of nitrogens with one attached hydrogen (secondary N) is 1. The molecule has 3 atom stereocenters. The summed E-state index contributed by atoms with van der Waals surface area (Å²) in [5, 5.41) is 2.79. The number of carbonyl (C=O) groups excluding carboxylic acids is 2. The molecule has 2 aliphatic rings. The van der Waals surface area contributed by atoms with Gasteiger partial charge < -0.3 is 10.2 Å². The van der Waals surface area contributed by atoms with Crippen molar-refractivity contribution in [2.45, 2.75) is 64.5 Å². The van der Waals surface area contributed by atoms with Crippen LogP contribution in [-0.2, 0) is 9.59 Å². The van der Waals surface area contributed by atoms with E-state index in [-0.39, 0.29) is 30.4 Å². The van der Waals surface area contributed by atoms with Crippen LogP contribution in [0.1, 0.15) is 52.4 Å². The molecule has 0 bridgehead atoms. The number of carbonyl (C=O) groups is 2. The summed E-state index contributed by atoms with van der Waals surface area (Å²) in [4.78, 5) is 26.0. The Labute approximate surface area is 109 Å². The van der Waals surface area contributed by atoms with Crippen molar-refractivity contribution in [2.75, 3.05) is 6.54 Å². The van der Waals surface area contributed by atoms with Crippen LogP contribution in [0.5, 0.6) is 0 Å². The summed E-state index contributed by atoms with van der Waals surface area (Å²) < 4.78 is 0. The SMILES string of the molecule is CCC1NC(=O)CN(C2CCCCC2CC)C1=O. The van der Waals surface area contributed by atoms with Crippen LogP contribution in [-0.4, -0.2) is 35.3 Å². The van der Waals surface area contributed by atoms with Crippen molar-refractivity contribution in [1.82, 2.24) is 10.2 Å². The minimum Gasteiger partial charge on any atom is -0.343 e. The van der Waals surface area contributed by atoms with Gasteiger partial charge in [0.05, 0.1) is 6.54 Å². The predicted molar refractivity (Wildman–Crippen MR) is 70.0 cm³/mol. The summed E-state index contributed by atoms with van der Waals surface area (Å²) in [6.45, 7) is 4.40. The molecule has 0 radical (unpaired) electrons. The van der Waals surface area contributed by atoms with Gasteiger partial charge in [-0.25, -0.2) is 0 Å². The first-order valence-electron chi connectivity index (χ1n) is 7.27. The lowest BCUT2D eigenvalue weighted by molar-refractivity contribution is -0.148. The first kappa shape index (κ1) is 13.4. The van der Waals surface area contributed by atoms with E-state index in [9.17, 15) is 9.59 Å². The second-order valence-electron chi connectivity index (χ2n) is 5.51. The zero-order chi connectivity index (χ0) is 13.1. The standard InChI is InChI=1S/C14H24N2O2/c1-3-10-7-5-6-8-12(10)16-9-13(17)15-11(4-2)14(16)18/h10-12H,3-9H2,1-2H3,(H,15,17). The van der Waals surface area contributed by atoms with Gasteiger partial charge in [0.1, 0.15) is 6.04 Å². The van der Waals surface area contributed by atoms with Gasteiger partial charge in [-0.15, -0.1) is 0 Å². The van der Waals surface area contributed by atoms with Crippen molar-refractivity contribution in [1.29, 1.82) is 0 Å². The highest BCUT2D eigenvalue weighted by molar-refractivity contribution is 5.95. The Morgan fingerprint density at radius 1 is 1.17 bits per heavy atom. The van der Waals surface area contributed by atoms with Crippen molar-refractivity contribution >= 4 is 11.8 Å². The molecule has 0 aromatic heterocycles. The summed E-state index contributed by atoms with van der Waals surface area (Å²) >= 11 is 0. The molecule has 0 aromatic rings. The highest BCUT2D eigenvalue weighted by Gasteiger charge is 2.38. The van der Waals surface area contributed by atoms with Crippen LogP contribution >= 0.6 is 0 Å². The zero-order valence-corrected chi connectivity index (χ0v) is 11.4. The van der Waals surface area contributed by atoms with Crippen molar-refractivity contribution in [2.24, 2.45) is 5.92 Å². The van der Waals surface area contributed by atoms with Gasteiger partial charge in [-0.1, -0.05) is 33.1 Å². The second-order valence-corrected chi connectivity index (χ2v) is 5.51. The fourth-order valence-electron chi connectivity index (χ4n) is 3.37. The van der Waals surface area contributed by atoms with Gasteiger partial charge in [-0.3, -0.25) is 9.59 Å². The maximum Gasteiger partial charge on any atom is 0.245 e. The molecule has 1 saturated heterocycles. The largest absolute Gasteiger partial charge is 0.343 e. The Kier molecular flexibility index (Phi) is 4.25. The van der Waals surface area contributed by atoms with Crippen LogP contribution in [0.2, 0.25) is 0 Å². The molecule has 1 N–H and O–H groups in total. The van der Waals surface area contributed by atoms with Gasteiger partial charge in [-0.2, -0.15) is 0 Å². The molecular weight excluding hydrogens is 228 g/mol. The Morgan fingerprint density at radius 2 is 1.89 bits per heavy atom. The number of piperazine rings is 1. The summed E-state index contributed by atoms with van der Waals surface area (Å²) in [6.07, 6.45) is 6.50. The fourth-order valence-corrected chi connectivity index (χ4v) is 3.37. The number of nitrogens with zero attached hydrogens (tertiary/aromatic N) is 1. The minimum atomic E-state index is -0.300. The first-order chi connectivity index (χ1) is 8.67. The van der Waals surface area contributed by atoms with Gasteiger partial charge >= 0.3 is 0 Å². The third-order valence-electron chi connectivity index (χ3n) is 4.43. The molecule has 4 heteroatoms. The summed E-state index contributed by atoms with van der Waals surface area (Å²) in [6, 6.07) is -0.0120. The topological polar surface area (TPSA) is 49.4 Å². The van der Waals surface area contributed by atoms with Crippen LogP contribution in [0.25, 0.3) is 0 Å². The van der Waals surface area contributed by atoms with E-state index >= 15 is 0 Å². The molecule has 1 saturated carbocycles. The van der Waals surface area contributed by atoms with E-state index < -0.39 is 0 Å². The van der Waals surface area contributed by atoms with Crippen molar-refractivity contribution in [3.8, 4) is 0 Å². The van der Waals surface area contributed by atoms with E-state index in [1.54, 1.807) is 0 Å². The number of hydrogen-bond acceptors (Lipinski definition) is 2. The lowest BCUT2D eigenvalue weighted by atomic mass is 9.81. The molecule has 0 spiro atoms. The molecule has 2 amide bonds. The normalized spacial score (nSPS) is 33.4. The molecule has 1 heterocycles. The monoisotopic (exact) mass is 252 g/mol. The van der Waals surface area contributed by atoms with Crippen LogP contribution < -0.4 is 5.32 Å². The van der Waals surface area contributed by atoms with Gasteiger partial charge in [0, 0.05) is 6.04 Å².